The minimum Gasteiger partial charge on any atom is -0.364 e. The van der Waals surface area contributed by atoms with E-state index in [1.165, 1.54) is 12.3 Å². The van der Waals surface area contributed by atoms with Gasteiger partial charge in [0.2, 0.25) is 0 Å². The van der Waals surface area contributed by atoms with Crippen molar-refractivity contribution in [2.45, 2.75) is 5.92 Å². The molecule has 0 saturated carbocycles. The first-order chi connectivity index (χ1) is 9.75. The molecule has 3 rings (SSSR count). The van der Waals surface area contributed by atoms with Gasteiger partial charge in [0.05, 0.1) is 16.5 Å². The van der Waals surface area contributed by atoms with E-state index in [1.807, 2.05) is 36.7 Å². The fraction of sp³-hybridized carbons (Fsp3) is 0.0714. The summed E-state index contributed by atoms with van der Waals surface area (Å²) in [6.07, 6.45) is 4.97. The molecule has 0 saturated heterocycles. The third-order valence-electron chi connectivity index (χ3n) is 3.14. The Morgan fingerprint density at radius 3 is 2.10 bits per heavy atom. The van der Waals surface area contributed by atoms with E-state index in [2.05, 4.69) is 15.0 Å². The van der Waals surface area contributed by atoms with Gasteiger partial charge in [0.15, 0.2) is 0 Å². The summed E-state index contributed by atoms with van der Waals surface area (Å²) in [5.74, 6) is -0.0965. The number of aromatic nitrogens is 3. The highest BCUT2D eigenvalue weighted by Gasteiger charge is 2.20. The minimum absolute atomic E-state index is 0.00882. The molecule has 0 atom stereocenters. The Kier molecular flexibility index (Phi) is 3.04. The number of nitro groups is 1. The van der Waals surface area contributed by atoms with Crippen LogP contribution in [0, 0.1) is 10.1 Å². The molecular formula is C14H12N4O2. The van der Waals surface area contributed by atoms with Crippen LogP contribution in [0.1, 0.15) is 23.0 Å². The number of nitrogens with zero attached hydrogens (tertiary/aromatic N) is 2. The van der Waals surface area contributed by atoms with E-state index in [0.29, 0.717) is 0 Å². The van der Waals surface area contributed by atoms with Crippen LogP contribution in [0.3, 0.4) is 0 Å². The Balaban J connectivity index is 2.04. The molecule has 0 radical (unpaired) electrons. The number of rotatable bonds is 4. The molecule has 3 aromatic heterocycles. The lowest BCUT2D eigenvalue weighted by molar-refractivity contribution is -0.385. The van der Waals surface area contributed by atoms with Gasteiger partial charge in [-0.3, -0.25) is 15.1 Å². The molecule has 20 heavy (non-hydrogen) atoms. The molecule has 0 bridgehead atoms. The molecule has 0 spiro atoms. The summed E-state index contributed by atoms with van der Waals surface area (Å²) in [7, 11) is 0. The van der Waals surface area contributed by atoms with Crippen LogP contribution in [0.2, 0.25) is 0 Å². The van der Waals surface area contributed by atoms with E-state index in [-0.39, 0.29) is 11.6 Å². The van der Waals surface area contributed by atoms with E-state index < -0.39 is 4.92 Å². The summed E-state index contributed by atoms with van der Waals surface area (Å²) in [5, 5.41) is 10.7. The zero-order valence-corrected chi connectivity index (χ0v) is 10.5. The Morgan fingerprint density at radius 2 is 1.70 bits per heavy atom. The maximum atomic E-state index is 10.7. The number of H-pyrrole nitrogens is 2. The van der Waals surface area contributed by atoms with Gasteiger partial charge in [-0.05, 0) is 30.3 Å². The molecule has 6 nitrogen and oxygen atoms in total. The molecule has 100 valence electrons. The third kappa shape index (κ3) is 2.18. The van der Waals surface area contributed by atoms with Crippen molar-refractivity contribution < 1.29 is 4.92 Å². The van der Waals surface area contributed by atoms with Crippen molar-refractivity contribution in [2.75, 3.05) is 0 Å². The van der Waals surface area contributed by atoms with Crippen molar-refractivity contribution in [2.24, 2.45) is 0 Å². The Hall–Kier alpha value is -2.89. The summed E-state index contributed by atoms with van der Waals surface area (Å²) >= 11 is 0. The molecule has 6 heteroatoms. The zero-order chi connectivity index (χ0) is 13.9. The van der Waals surface area contributed by atoms with Crippen molar-refractivity contribution in [3.63, 3.8) is 0 Å². The SMILES string of the molecule is O=[N+]([O-])c1ccc(C(c2ccc[nH]2)c2ccc[nH]2)nc1. The topological polar surface area (TPSA) is 87.6 Å². The number of nitrogens with one attached hydrogen (secondary N) is 2. The van der Waals surface area contributed by atoms with Crippen LogP contribution >= 0.6 is 0 Å². The normalized spacial score (nSPS) is 10.8. The van der Waals surface area contributed by atoms with E-state index >= 15 is 0 Å². The molecule has 0 fully saturated rings. The molecule has 3 heterocycles. The fourth-order valence-electron chi connectivity index (χ4n) is 2.21. The van der Waals surface area contributed by atoms with Crippen LogP contribution in [0.5, 0.6) is 0 Å². The van der Waals surface area contributed by atoms with E-state index in [0.717, 1.165) is 17.1 Å². The van der Waals surface area contributed by atoms with E-state index in [9.17, 15) is 10.1 Å². The highest BCUT2D eigenvalue weighted by Crippen LogP contribution is 2.29. The molecule has 3 aromatic rings. The second kappa shape index (κ2) is 5.00. The fourth-order valence-corrected chi connectivity index (χ4v) is 2.21. The van der Waals surface area contributed by atoms with Gasteiger partial charge in [-0.15, -0.1) is 0 Å². The summed E-state index contributed by atoms with van der Waals surface area (Å²) in [5.41, 5.74) is 2.70. The maximum absolute atomic E-state index is 10.7. The highest BCUT2D eigenvalue weighted by molar-refractivity contribution is 5.37. The lowest BCUT2D eigenvalue weighted by Gasteiger charge is -2.13. The average molecular weight is 268 g/mol. The first-order valence-corrected chi connectivity index (χ1v) is 6.12. The van der Waals surface area contributed by atoms with Crippen LogP contribution in [0.25, 0.3) is 0 Å². The second-order valence-electron chi connectivity index (χ2n) is 4.38. The number of hydrogen-bond acceptors (Lipinski definition) is 3. The molecule has 0 amide bonds. The summed E-state index contributed by atoms with van der Waals surface area (Å²) in [4.78, 5) is 20.8. The molecular weight excluding hydrogens is 256 g/mol. The average Bonchev–Trinajstić information content (AvgIpc) is 3.13. The molecule has 0 aliphatic heterocycles. The van der Waals surface area contributed by atoms with Crippen LogP contribution in [0.15, 0.2) is 55.0 Å². The molecule has 2 N–H and O–H groups in total. The van der Waals surface area contributed by atoms with Crippen molar-refractivity contribution in [1.82, 2.24) is 15.0 Å². The smallest absolute Gasteiger partial charge is 0.287 e. The van der Waals surface area contributed by atoms with Gasteiger partial charge >= 0.3 is 0 Å². The number of pyridine rings is 1. The lowest BCUT2D eigenvalue weighted by atomic mass is 9.97. The Bertz CT molecular complexity index is 653. The van der Waals surface area contributed by atoms with Gasteiger partial charge in [0, 0.05) is 29.8 Å². The van der Waals surface area contributed by atoms with Gasteiger partial charge in [0.25, 0.3) is 5.69 Å². The van der Waals surface area contributed by atoms with Crippen molar-refractivity contribution in [3.05, 3.63) is 82.2 Å². The van der Waals surface area contributed by atoms with Crippen LogP contribution in [0.4, 0.5) is 5.69 Å². The number of aromatic amines is 2. The Labute approximate surface area is 114 Å². The van der Waals surface area contributed by atoms with Crippen LogP contribution in [-0.2, 0) is 0 Å². The second-order valence-corrected chi connectivity index (χ2v) is 4.38. The van der Waals surface area contributed by atoms with Gasteiger partial charge in [-0.2, -0.15) is 0 Å². The lowest BCUT2D eigenvalue weighted by Crippen LogP contribution is -2.06. The standard InChI is InChI=1S/C14H12N4O2/c19-18(20)10-5-6-13(17-9-10)14(11-3-1-7-15-11)12-4-2-8-16-12/h1-9,14-16H. The quantitative estimate of drug-likeness (QED) is 0.563. The van der Waals surface area contributed by atoms with Crippen LogP contribution in [-0.4, -0.2) is 19.9 Å². The highest BCUT2D eigenvalue weighted by atomic mass is 16.6. The molecule has 0 unspecified atom stereocenters. The van der Waals surface area contributed by atoms with Gasteiger partial charge in [-0.25, -0.2) is 0 Å². The number of hydrogen-bond donors (Lipinski definition) is 2. The zero-order valence-electron chi connectivity index (χ0n) is 10.5. The Morgan fingerprint density at radius 1 is 1.05 bits per heavy atom. The summed E-state index contributed by atoms with van der Waals surface area (Å²) < 4.78 is 0. The predicted octanol–water partition coefficient (Wildman–Crippen LogP) is 2.83. The van der Waals surface area contributed by atoms with Crippen LogP contribution < -0.4 is 0 Å². The predicted molar refractivity (Wildman–Crippen MR) is 73.4 cm³/mol. The summed E-state index contributed by atoms with van der Waals surface area (Å²) in [6.45, 7) is 0. The van der Waals surface area contributed by atoms with Gasteiger partial charge in [-0.1, -0.05) is 0 Å². The monoisotopic (exact) mass is 268 g/mol. The largest absolute Gasteiger partial charge is 0.364 e. The molecule has 0 aromatic carbocycles. The maximum Gasteiger partial charge on any atom is 0.287 e. The molecule has 0 aliphatic rings. The van der Waals surface area contributed by atoms with Gasteiger partial charge in [0.1, 0.15) is 6.20 Å². The summed E-state index contributed by atoms with van der Waals surface area (Å²) in [6, 6.07) is 10.9. The van der Waals surface area contributed by atoms with E-state index in [1.54, 1.807) is 6.07 Å². The van der Waals surface area contributed by atoms with Crippen molar-refractivity contribution in [3.8, 4) is 0 Å². The van der Waals surface area contributed by atoms with Crippen molar-refractivity contribution >= 4 is 5.69 Å². The van der Waals surface area contributed by atoms with E-state index in [4.69, 9.17) is 0 Å². The molecule has 0 aliphatic carbocycles. The first kappa shape index (κ1) is 12.2. The minimum atomic E-state index is -0.449. The van der Waals surface area contributed by atoms with Gasteiger partial charge < -0.3 is 9.97 Å². The third-order valence-corrected chi connectivity index (χ3v) is 3.14. The first-order valence-electron chi connectivity index (χ1n) is 6.12. The van der Waals surface area contributed by atoms with Crippen molar-refractivity contribution in [1.29, 1.82) is 0 Å².